The summed E-state index contributed by atoms with van der Waals surface area (Å²) < 4.78 is 0. The van der Waals surface area contributed by atoms with Gasteiger partial charge in [0, 0.05) is 5.57 Å². The van der Waals surface area contributed by atoms with E-state index in [1.165, 1.54) is 11.1 Å². The number of hydrogen-bond acceptors (Lipinski definition) is 2. The van der Waals surface area contributed by atoms with Crippen LogP contribution in [0, 0.1) is 0 Å². The first kappa shape index (κ1) is 14.5. The fourth-order valence-electron chi connectivity index (χ4n) is 2.55. The Kier molecular flexibility index (Phi) is 3.80. The van der Waals surface area contributed by atoms with Gasteiger partial charge in [-0.3, -0.25) is 4.79 Å². The normalized spacial score (nSPS) is 18.8. The van der Waals surface area contributed by atoms with Gasteiger partial charge in [-0.15, -0.1) is 0 Å². The molecule has 2 rings (SSSR count). The largest absolute Gasteiger partial charge is 0.475 e. The van der Waals surface area contributed by atoms with Crippen molar-refractivity contribution in [1.29, 1.82) is 0 Å². The van der Waals surface area contributed by atoms with Gasteiger partial charge in [0.15, 0.2) is 0 Å². The van der Waals surface area contributed by atoms with Gasteiger partial charge in [-0.2, -0.15) is 0 Å². The highest BCUT2D eigenvalue weighted by Crippen LogP contribution is 2.35. The summed E-state index contributed by atoms with van der Waals surface area (Å²) in [7, 11) is 0. The molecule has 0 saturated carbocycles. The molecule has 1 atom stereocenters. The minimum absolute atomic E-state index is 0.122. The van der Waals surface area contributed by atoms with Gasteiger partial charge in [0.05, 0.1) is 0 Å². The lowest BCUT2D eigenvalue weighted by molar-refractivity contribution is -0.147. The number of allylic oxidation sites excluding steroid dienone is 1. The second kappa shape index (κ2) is 5.23. The third-order valence-corrected chi connectivity index (χ3v) is 3.85. The highest BCUT2D eigenvalue weighted by molar-refractivity contribution is 6.39. The number of aliphatic carboxylic acids is 1. The van der Waals surface area contributed by atoms with Crippen LogP contribution in [0.5, 0.6) is 0 Å². The maximum absolute atomic E-state index is 11.4. The number of rotatable bonds is 3. The van der Waals surface area contributed by atoms with Crippen LogP contribution in [0.3, 0.4) is 0 Å². The lowest BCUT2D eigenvalue weighted by Gasteiger charge is -2.20. The number of hydrogen-bond donors (Lipinski definition) is 1. The van der Waals surface area contributed by atoms with E-state index in [0.29, 0.717) is 12.0 Å². The zero-order valence-electron chi connectivity index (χ0n) is 12.1. The molecule has 20 heavy (non-hydrogen) atoms. The van der Waals surface area contributed by atoms with E-state index in [-0.39, 0.29) is 11.3 Å². The first-order valence-corrected chi connectivity index (χ1v) is 6.86. The Morgan fingerprint density at radius 2 is 1.75 bits per heavy atom. The number of carbonyl (C=O) groups excluding carboxylic acids is 1. The van der Waals surface area contributed by atoms with Crippen LogP contribution < -0.4 is 0 Å². The van der Waals surface area contributed by atoms with Crippen LogP contribution in [-0.2, 0) is 15.0 Å². The topological polar surface area (TPSA) is 54.4 Å². The highest BCUT2D eigenvalue weighted by Gasteiger charge is 2.26. The summed E-state index contributed by atoms with van der Waals surface area (Å²) in [6, 6.07) is 8.42. The first-order valence-electron chi connectivity index (χ1n) is 6.86. The van der Waals surface area contributed by atoms with E-state index < -0.39 is 11.8 Å². The molecular weight excluding hydrogens is 252 g/mol. The number of Topliss-reactive ketones (excluding diaryl/α,β-unsaturated/α-hetero) is 1. The maximum atomic E-state index is 11.4. The summed E-state index contributed by atoms with van der Waals surface area (Å²) in [4.78, 5) is 22.1. The van der Waals surface area contributed by atoms with Crippen molar-refractivity contribution in [3.8, 4) is 0 Å². The Bertz CT molecular complexity index is 559. The minimum atomic E-state index is -1.36. The molecular formula is C17H20O3. The molecule has 0 fully saturated rings. The maximum Gasteiger partial charge on any atom is 0.376 e. The van der Waals surface area contributed by atoms with E-state index in [0.717, 1.165) is 6.42 Å². The van der Waals surface area contributed by atoms with Crippen LogP contribution >= 0.6 is 0 Å². The lowest BCUT2D eigenvalue weighted by Crippen LogP contribution is -2.14. The summed E-state index contributed by atoms with van der Waals surface area (Å²) in [5.41, 5.74) is 3.00. The SMILES string of the molecule is CC(C)(C)c1ccc(C2CC=C(C(=O)C(=O)O)C2)cc1. The van der Waals surface area contributed by atoms with Crippen molar-refractivity contribution < 1.29 is 14.7 Å². The third kappa shape index (κ3) is 2.98. The molecule has 1 N–H and O–H groups in total. The van der Waals surface area contributed by atoms with Crippen molar-refractivity contribution in [3.05, 3.63) is 47.0 Å². The number of ketones is 1. The van der Waals surface area contributed by atoms with Crippen molar-refractivity contribution >= 4 is 11.8 Å². The molecule has 0 amide bonds. The summed E-state index contributed by atoms with van der Waals surface area (Å²) in [5.74, 6) is -1.90. The molecule has 1 aliphatic carbocycles. The zero-order valence-corrected chi connectivity index (χ0v) is 12.1. The van der Waals surface area contributed by atoms with E-state index in [1.54, 1.807) is 6.08 Å². The molecule has 0 aromatic heterocycles. The molecule has 0 spiro atoms. The number of carboxylic acids is 1. The molecule has 0 bridgehead atoms. The highest BCUT2D eigenvalue weighted by atomic mass is 16.4. The van der Waals surface area contributed by atoms with Gasteiger partial charge in [0.25, 0.3) is 5.78 Å². The Labute approximate surface area is 119 Å². The standard InChI is InChI=1S/C17H20O3/c1-17(2,3)14-8-6-11(7-9-14)12-4-5-13(10-12)15(18)16(19)20/h5-9,12H,4,10H2,1-3H3,(H,19,20). The predicted octanol–water partition coefficient (Wildman–Crippen LogP) is 3.44. The monoisotopic (exact) mass is 272 g/mol. The third-order valence-electron chi connectivity index (χ3n) is 3.85. The van der Waals surface area contributed by atoms with Gasteiger partial charge < -0.3 is 5.11 Å². The Hall–Kier alpha value is -1.90. The van der Waals surface area contributed by atoms with Gasteiger partial charge >= 0.3 is 5.97 Å². The van der Waals surface area contributed by atoms with Gasteiger partial charge in [0.1, 0.15) is 0 Å². The van der Waals surface area contributed by atoms with Crippen LogP contribution in [0.2, 0.25) is 0 Å². The quantitative estimate of drug-likeness (QED) is 0.857. The van der Waals surface area contributed by atoms with E-state index in [9.17, 15) is 9.59 Å². The zero-order chi connectivity index (χ0) is 14.9. The molecule has 3 heteroatoms. The molecule has 1 unspecified atom stereocenters. The second-order valence-corrected chi connectivity index (χ2v) is 6.37. The molecule has 1 aliphatic rings. The molecule has 0 saturated heterocycles. The second-order valence-electron chi connectivity index (χ2n) is 6.37. The summed E-state index contributed by atoms with van der Waals surface area (Å²) in [6.07, 6.45) is 3.03. The lowest BCUT2D eigenvalue weighted by atomic mass is 9.85. The first-order chi connectivity index (χ1) is 9.29. The molecule has 0 radical (unpaired) electrons. The van der Waals surface area contributed by atoms with Crippen LogP contribution in [-0.4, -0.2) is 16.9 Å². The average Bonchev–Trinajstić information content (AvgIpc) is 2.86. The van der Waals surface area contributed by atoms with Crippen molar-refractivity contribution in [3.63, 3.8) is 0 Å². The molecule has 1 aromatic rings. The van der Waals surface area contributed by atoms with Crippen LogP contribution in [0.4, 0.5) is 0 Å². The van der Waals surface area contributed by atoms with Gasteiger partial charge in [-0.05, 0) is 35.3 Å². The summed E-state index contributed by atoms with van der Waals surface area (Å²) in [5, 5.41) is 8.73. The summed E-state index contributed by atoms with van der Waals surface area (Å²) >= 11 is 0. The van der Waals surface area contributed by atoms with E-state index >= 15 is 0 Å². The van der Waals surface area contributed by atoms with Gasteiger partial charge in [-0.1, -0.05) is 51.1 Å². The van der Waals surface area contributed by atoms with E-state index in [4.69, 9.17) is 5.11 Å². The van der Waals surface area contributed by atoms with E-state index in [1.807, 2.05) is 0 Å². The number of carboxylic acid groups (broad SMARTS) is 1. The van der Waals surface area contributed by atoms with Crippen molar-refractivity contribution in [2.45, 2.75) is 44.9 Å². The van der Waals surface area contributed by atoms with E-state index in [2.05, 4.69) is 45.0 Å². The summed E-state index contributed by atoms with van der Waals surface area (Å²) in [6.45, 7) is 6.51. The number of benzene rings is 1. The fourth-order valence-corrected chi connectivity index (χ4v) is 2.55. The van der Waals surface area contributed by atoms with Crippen LogP contribution in [0.15, 0.2) is 35.9 Å². The fraction of sp³-hybridized carbons (Fsp3) is 0.412. The smallest absolute Gasteiger partial charge is 0.376 e. The van der Waals surface area contributed by atoms with Crippen molar-refractivity contribution in [2.75, 3.05) is 0 Å². The average molecular weight is 272 g/mol. The Morgan fingerprint density at radius 3 is 2.25 bits per heavy atom. The van der Waals surface area contributed by atoms with Crippen molar-refractivity contribution in [2.24, 2.45) is 0 Å². The predicted molar refractivity (Wildman–Crippen MR) is 77.8 cm³/mol. The van der Waals surface area contributed by atoms with Crippen molar-refractivity contribution in [1.82, 2.24) is 0 Å². The minimum Gasteiger partial charge on any atom is -0.475 e. The van der Waals surface area contributed by atoms with Crippen LogP contribution in [0.25, 0.3) is 0 Å². The Morgan fingerprint density at radius 1 is 1.15 bits per heavy atom. The molecule has 106 valence electrons. The Balaban J connectivity index is 2.09. The molecule has 3 nitrogen and oxygen atoms in total. The number of carbonyl (C=O) groups is 2. The van der Waals surface area contributed by atoms with Gasteiger partial charge in [-0.25, -0.2) is 4.79 Å². The molecule has 0 aliphatic heterocycles. The van der Waals surface area contributed by atoms with Crippen LogP contribution in [0.1, 0.15) is 50.7 Å². The molecule has 1 aromatic carbocycles. The van der Waals surface area contributed by atoms with Gasteiger partial charge in [0.2, 0.25) is 0 Å². The molecule has 0 heterocycles.